The molecule has 8 heteroatoms. The number of aromatic nitrogens is 1. The highest BCUT2D eigenvalue weighted by Crippen LogP contribution is 2.26. The maximum atomic E-state index is 11.9. The number of thiazole rings is 1. The second-order valence-corrected chi connectivity index (χ2v) is 4.85. The molecule has 0 spiro atoms. The van der Waals surface area contributed by atoms with Gasteiger partial charge in [-0.3, -0.25) is 5.32 Å². The molecule has 2 aromatic rings. The van der Waals surface area contributed by atoms with Gasteiger partial charge in [-0.25, -0.2) is 9.78 Å². The number of hydrogen-bond acceptors (Lipinski definition) is 6. The third-order valence-electron chi connectivity index (χ3n) is 2.45. The molecule has 2 rings (SSSR count). The fourth-order valence-corrected chi connectivity index (χ4v) is 2.13. The minimum Gasteiger partial charge on any atom is -0.497 e. The Balaban J connectivity index is 2.07. The zero-order chi connectivity index (χ0) is 15.2. The van der Waals surface area contributed by atoms with Gasteiger partial charge in [0.2, 0.25) is 0 Å². The van der Waals surface area contributed by atoms with Crippen molar-refractivity contribution in [1.29, 1.82) is 5.26 Å². The van der Waals surface area contributed by atoms with Gasteiger partial charge >= 0.3 is 6.03 Å². The number of methoxy groups -OCH3 is 2. The van der Waals surface area contributed by atoms with E-state index in [1.807, 2.05) is 6.07 Å². The van der Waals surface area contributed by atoms with Crippen LogP contribution in [-0.2, 0) is 0 Å². The highest BCUT2D eigenvalue weighted by Gasteiger charge is 2.08. The number of ether oxygens (including phenoxy) is 2. The van der Waals surface area contributed by atoms with Gasteiger partial charge in [0.15, 0.2) is 5.13 Å². The first-order valence-electron chi connectivity index (χ1n) is 5.81. The molecule has 1 aromatic carbocycles. The van der Waals surface area contributed by atoms with Crippen LogP contribution < -0.4 is 20.1 Å². The summed E-state index contributed by atoms with van der Waals surface area (Å²) in [6.07, 6.45) is 1.40. The summed E-state index contributed by atoms with van der Waals surface area (Å²) in [7, 11) is 3.05. The summed E-state index contributed by atoms with van der Waals surface area (Å²) >= 11 is 1.09. The zero-order valence-electron chi connectivity index (χ0n) is 11.3. The second-order valence-electron chi connectivity index (χ2n) is 3.82. The zero-order valence-corrected chi connectivity index (χ0v) is 12.2. The molecular weight excluding hydrogens is 292 g/mol. The first-order chi connectivity index (χ1) is 10.1. The van der Waals surface area contributed by atoms with Gasteiger partial charge in [-0.2, -0.15) is 5.26 Å². The van der Waals surface area contributed by atoms with Crippen molar-refractivity contribution < 1.29 is 14.3 Å². The quantitative estimate of drug-likeness (QED) is 0.905. The predicted octanol–water partition coefficient (Wildman–Crippen LogP) is 2.68. The maximum absolute atomic E-state index is 11.9. The number of nitrogens with one attached hydrogen (secondary N) is 2. The van der Waals surface area contributed by atoms with Gasteiger partial charge in [-0.15, -0.1) is 0 Å². The normalized spacial score (nSPS) is 9.57. The molecule has 0 saturated heterocycles. The van der Waals surface area contributed by atoms with Crippen LogP contribution in [0.2, 0.25) is 0 Å². The Labute approximate surface area is 125 Å². The van der Waals surface area contributed by atoms with Crippen molar-refractivity contribution in [3.63, 3.8) is 0 Å². The molecule has 2 N–H and O–H groups in total. The van der Waals surface area contributed by atoms with Crippen molar-refractivity contribution in [2.45, 2.75) is 0 Å². The summed E-state index contributed by atoms with van der Waals surface area (Å²) in [5.41, 5.74) is 0.515. The molecule has 0 radical (unpaired) electrons. The number of carbonyl (C=O) groups excluding carboxylic acids is 1. The number of nitrogens with zero attached hydrogens (tertiary/aromatic N) is 2. The number of nitriles is 1. The third-order valence-corrected chi connectivity index (χ3v) is 3.26. The largest absolute Gasteiger partial charge is 0.497 e. The summed E-state index contributed by atoms with van der Waals surface area (Å²) in [6, 6.07) is 6.50. The van der Waals surface area contributed by atoms with Crippen LogP contribution in [0.5, 0.6) is 11.5 Å². The molecule has 7 nitrogen and oxygen atoms in total. The van der Waals surface area contributed by atoms with Gasteiger partial charge in [0.05, 0.1) is 20.4 Å². The number of anilines is 2. The van der Waals surface area contributed by atoms with E-state index in [1.54, 1.807) is 18.2 Å². The first-order valence-corrected chi connectivity index (χ1v) is 6.63. The van der Waals surface area contributed by atoms with Crippen LogP contribution >= 0.6 is 11.3 Å². The molecule has 0 saturated carbocycles. The van der Waals surface area contributed by atoms with Crippen molar-refractivity contribution >= 4 is 28.2 Å². The SMILES string of the molecule is COc1cc(NC(=O)Nc2ncc(C#N)s2)cc(OC)c1. The molecule has 0 aliphatic heterocycles. The van der Waals surface area contributed by atoms with E-state index in [0.717, 1.165) is 11.3 Å². The standard InChI is InChI=1S/C13H12N4O3S/c1-19-9-3-8(4-10(5-9)20-2)16-12(18)17-13-15-7-11(6-14)21-13/h3-5,7H,1-2H3,(H2,15,16,17,18). The molecule has 0 atom stereocenters. The van der Waals surface area contributed by atoms with E-state index in [4.69, 9.17) is 14.7 Å². The van der Waals surface area contributed by atoms with Crippen LogP contribution in [0.25, 0.3) is 0 Å². The van der Waals surface area contributed by atoms with E-state index in [9.17, 15) is 4.79 Å². The predicted molar refractivity (Wildman–Crippen MR) is 79.0 cm³/mol. The van der Waals surface area contributed by atoms with Crippen LogP contribution in [0, 0.1) is 11.3 Å². The number of hydrogen-bond donors (Lipinski definition) is 2. The lowest BCUT2D eigenvalue weighted by Crippen LogP contribution is -2.19. The third kappa shape index (κ3) is 3.84. The van der Waals surface area contributed by atoms with Gasteiger partial charge in [0.1, 0.15) is 22.4 Å². The van der Waals surface area contributed by atoms with Gasteiger partial charge in [0.25, 0.3) is 0 Å². The van der Waals surface area contributed by atoms with E-state index in [0.29, 0.717) is 27.2 Å². The van der Waals surface area contributed by atoms with E-state index in [2.05, 4.69) is 15.6 Å². The lowest BCUT2D eigenvalue weighted by Gasteiger charge is -2.09. The van der Waals surface area contributed by atoms with Crippen LogP contribution in [-0.4, -0.2) is 25.2 Å². The monoisotopic (exact) mass is 304 g/mol. The van der Waals surface area contributed by atoms with Gasteiger partial charge in [-0.1, -0.05) is 11.3 Å². The lowest BCUT2D eigenvalue weighted by molar-refractivity contribution is 0.262. The number of urea groups is 1. The lowest BCUT2D eigenvalue weighted by atomic mass is 10.3. The minimum absolute atomic E-state index is 0.346. The number of benzene rings is 1. The van der Waals surface area contributed by atoms with Gasteiger partial charge < -0.3 is 14.8 Å². The van der Waals surface area contributed by atoms with Crippen molar-refractivity contribution in [3.8, 4) is 17.6 Å². The maximum Gasteiger partial charge on any atom is 0.325 e. The molecular formula is C13H12N4O3S. The second kappa shape index (κ2) is 6.58. The Kier molecular flexibility index (Phi) is 4.58. The molecule has 1 heterocycles. The van der Waals surface area contributed by atoms with Crippen molar-refractivity contribution in [2.75, 3.05) is 24.9 Å². The summed E-state index contributed by atoms with van der Waals surface area (Å²) in [5, 5.41) is 14.2. The Morgan fingerprint density at radius 1 is 1.24 bits per heavy atom. The molecule has 0 fully saturated rings. The topological polar surface area (TPSA) is 96.3 Å². The van der Waals surface area contributed by atoms with E-state index >= 15 is 0 Å². The van der Waals surface area contributed by atoms with Crippen molar-refractivity contribution in [1.82, 2.24) is 4.98 Å². The first kappa shape index (κ1) is 14.6. The fourth-order valence-electron chi connectivity index (χ4n) is 1.52. The van der Waals surface area contributed by atoms with E-state index in [-0.39, 0.29) is 0 Å². The molecule has 0 aliphatic carbocycles. The Bertz CT molecular complexity index is 671. The molecule has 0 unspecified atom stereocenters. The fraction of sp³-hybridized carbons (Fsp3) is 0.154. The van der Waals surface area contributed by atoms with Gasteiger partial charge in [-0.05, 0) is 0 Å². The van der Waals surface area contributed by atoms with Crippen LogP contribution in [0.1, 0.15) is 4.88 Å². The molecule has 108 valence electrons. The Morgan fingerprint density at radius 3 is 2.43 bits per heavy atom. The molecule has 21 heavy (non-hydrogen) atoms. The Hall–Kier alpha value is -2.79. The van der Waals surface area contributed by atoms with Crippen LogP contribution in [0.3, 0.4) is 0 Å². The summed E-state index contributed by atoms with van der Waals surface area (Å²) < 4.78 is 10.2. The number of carbonyl (C=O) groups is 1. The van der Waals surface area contributed by atoms with Crippen LogP contribution in [0.4, 0.5) is 15.6 Å². The van der Waals surface area contributed by atoms with Crippen molar-refractivity contribution in [3.05, 3.63) is 29.3 Å². The van der Waals surface area contributed by atoms with Gasteiger partial charge in [0, 0.05) is 23.9 Å². The summed E-state index contributed by atoms with van der Waals surface area (Å²) in [4.78, 5) is 16.2. The average Bonchev–Trinajstić information content (AvgIpc) is 2.94. The number of amides is 2. The number of rotatable bonds is 4. The van der Waals surface area contributed by atoms with Crippen LogP contribution in [0.15, 0.2) is 24.4 Å². The van der Waals surface area contributed by atoms with E-state index in [1.165, 1.54) is 20.4 Å². The molecule has 0 aliphatic rings. The summed E-state index contributed by atoms with van der Waals surface area (Å²) in [5.74, 6) is 1.12. The molecule has 2 amide bonds. The highest BCUT2D eigenvalue weighted by molar-refractivity contribution is 7.16. The molecule has 1 aromatic heterocycles. The Morgan fingerprint density at radius 2 is 1.90 bits per heavy atom. The van der Waals surface area contributed by atoms with E-state index < -0.39 is 6.03 Å². The smallest absolute Gasteiger partial charge is 0.325 e. The average molecular weight is 304 g/mol. The highest BCUT2D eigenvalue weighted by atomic mass is 32.1. The van der Waals surface area contributed by atoms with Crippen molar-refractivity contribution in [2.24, 2.45) is 0 Å². The molecule has 0 bridgehead atoms. The summed E-state index contributed by atoms with van der Waals surface area (Å²) in [6.45, 7) is 0. The minimum atomic E-state index is -0.468.